The van der Waals surface area contributed by atoms with E-state index < -0.39 is 5.97 Å². The van der Waals surface area contributed by atoms with Crippen LogP contribution in [0.15, 0.2) is 24.5 Å². The molecule has 3 rings (SSSR count). The van der Waals surface area contributed by atoms with Gasteiger partial charge in [-0.1, -0.05) is 6.07 Å². The smallest absolute Gasteiger partial charge is 0.320 e. The molecule has 1 atom stereocenters. The Morgan fingerprint density at radius 1 is 1.42 bits per heavy atom. The molecule has 1 aliphatic carbocycles. The number of rotatable bonds is 6. The summed E-state index contributed by atoms with van der Waals surface area (Å²) in [5.74, 6) is -0.330. The zero-order valence-corrected chi connectivity index (χ0v) is 13.6. The fraction of sp³-hybridized carbons (Fsp3) is 0.588. The first-order valence-corrected chi connectivity index (χ1v) is 8.39. The van der Waals surface area contributed by atoms with E-state index in [-0.39, 0.29) is 25.1 Å². The molecule has 0 spiro atoms. The van der Waals surface area contributed by atoms with Crippen molar-refractivity contribution in [2.75, 3.05) is 26.2 Å². The first kappa shape index (κ1) is 16.7. The van der Waals surface area contributed by atoms with Crippen LogP contribution in [-0.4, -0.2) is 64.2 Å². The van der Waals surface area contributed by atoms with E-state index in [1.807, 2.05) is 12.1 Å². The Bertz CT molecular complexity index is 576. The van der Waals surface area contributed by atoms with Gasteiger partial charge in [-0.2, -0.15) is 0 Å². The van der Waals surface area contributed by atoms with Crippen molar-refractivity contribution >= 4 is 12.0 Å². The predicted molar refractivity (Wildman–Crippen MR) is 86.3 cm³/mol. The summed E-state index contributed by atoms with van der Waals surface area (Å²) in [5.41, 5.74) is 0.892. The van der Waals surface area contributed by atoms with E-state index in [9.17, 15) is 9.59 Å². The standard InChI is InChI=1S/C17H23N3O4/c21-16(22)5-7-19(11-13-2-1-6-18-10-13)17(23)20-8-9-24-15(12-20)14-3-4-14/h1-2,6,10,14-15H,3-5,7-9,11-12H2,(H,21,22). The number of urea groups is 1. The Hall–Kier alpha value is -2.15. The number of carboxylic acid groups (broad SMARTS) is 1. The van der Waals surface area contributed by atoms with Crippen LogP contribution in [-0.2, 0) is 16.1 Å². The van der Waals surface area contributed by atoms with Crippen molar-refractivity contribution in [1.82, 2.24) is 14.8 Å². The molecule has 1 saturated heterocycles. The maximum absolute atomic E-state index is 12.9. The molecular weight excluding hydrogens is 310 g/mol. The van der Waals surface area contributed by atoms with Crippen molar-refractivity contribution in [1.29, 1.82) is 0 Å². The van der Waals surface area contributed by atoms with Crippen molar-refractivity contribution in [3.05, 3.63) is 30.1 Å². The monoisotopic (exact) mass is 333 g/mol. The number of hydrogen-bond donors (Lipinski definition) is 1. The van der Waals surface area contributed by atoms with Crippen LogP contribution >= 0.6 is 0 Å². The second-order valence-electron chi connectivity index (χ2n) is 6.40. The first-order chi connectivity index (χ1) is 11.6. The van der Waals surface area contributed by atoms with Crippen LogP contribution in [0.1, 0.15) is 24.8 Å². The Kier molecular flexibility index (Phi) is 5.30. The van der Waals surface area contributed by atoms with Gasteiger partial charge in [0.05, 0.1) is 19.1 Å². The molecule has 130 valence electrons. The van der Waals surface area contributed by atoms with Crippen LogP contribution in [0.5, 0.6) is 0 Å². The van der Waals surface area contributed by atoms with Gasteiger partial charge < -0.3 is 19.6 Å². The zero-order chi connectivity index (χ0) is 16.9. The summed E-state index contributed by atoms with van der Waals surface area (Å²) in [4.78, 5) is 31.3. The Morgan fingerprint density at radius 3 is 2.92 bits per heavy atom. The maximum Gasteiger partial charge on any atom is 0.320 e. The number of morpholine rings is 1. The molecule has 7 nitrogen and oxygen atoms in total. The van der Waals surface area contributed by atoms with Gasteiger partial charge in [0.1, 0.15) is 0 Å². The summed E-state index contributed by atoms with van der Waals surface area (Å²) in [5, 5.41) is 8.96. The molecule has 0 aromatic carbocycles. The summed E-state index contributed by atoms with van der Waals surface area (Å²) in [6, 6.07) is 3.59. The van der Waals surface area contributed by atoms with Crippen molar-refractivity contribution in [2.24, 2.45) is 5.92 Å². The Labute approximate surface area is 141 Å². The number of nitrogens with zero attached hydrogens (tertiary/aromatic N) is 3. The number of ether oxygens (including phenoxy) is 1. The predicted octanol–water partition coefficient (Wildman–Crippen LogP) is 1.59. The van der Waals surface area contributed by atoms with E-state index in [0.717, 1.165) is 5.56 Å². The molecule has 7 heteroatoms. The number of carboxylic acids is 1. The summed E-state index contributed by atoms with van der Waals surface area (Å²) >= 11 is 0. The topological polar surface area (TPSA) is 83.0 Å². The van der Waals surface area contributed by atoms with Crippen LogP contribution in [0.3, 0.4) is 0 Å². The third-order valence-electron chi connectivity index (χ3n) is 4.47. The van der Waals surface area contributed by atoms with Gasteiger partial charge in [0.15, 0.2) is 0 Å². The normalized spacial score (nSPS) is 20.7. The largest absolute Gasteiger partial charge is 0.481 e. The van der Waals surface area contributed by atoms with Gasteiger partial charge in [0.25, 0.3) is 0 Å². The molecule has 2 heterocycles. The highest BCUT2D eigenvalue weighted by molar-refractivity contribution is 5.75. The SMILES string of the molecule is O=C(O)CCN(Cc1cccnc1)C(=O)N1CCOC(C2CC2)C1. The number of pyridine rings is 1. The lowest BCUT2D eigenvalue weighted by Gasteiger charge is -2.36. The lowest BCUT2D eigenvalue weighted by Crippen LogP contribution is -2.51. The third kappa shape index (κ3) is 4.44. The molecule has 24 heavy (non-hydrogen) atoms. The minimum atomic E-state index is -0.906. The molecular formula is C17H23N3O4. The number of hydrogen-bond acceptors (Lipinski definition) is 4. The van der Waals surface area contributed by atoms with Crippen molar-refractivity contribution in [3.8, 4) is 0 Å². The molecule has 1 aromatic rings. The van der Waals surface area contributed by atoms with Gasteiger partial charge in [0.2, 0.25) is 0 Å². The van der Waals surface area contributed by atoms with Gasteiger partial charge in [0, 0.05) is 38.6 Å². The molecule has 1 aromatic heterocycles. The molecule has 1 aliphatic heterocycles. The molecule has 2 fully saturated rings. The molecule has 2 aliphatic rings. The third-order valence-corrected chi connectivity index (χ3v) is 4.47. The van der Waals surface area contributed by atoms with Crippen molar-refractivity contribution in [3.63, 3.8) is 0 Å². The summed E-state index contributed by atoms with van der Waals surface area (Å²) < 4.78 is 5.76. The quantitative estimate of drug-likeness (QED) is 0.855. The average molecular weight is 333 g/mol. The van der Waals surface area contributed by atoms with Crippen LogP contribution in [0.4, 0.5) is 4.79 Å². The van der Waals surface area contributed by atoms with Gasteiger partial charge in [-0.3, -0.25) is 9.78 Å². The van der Waals surface area contributed by atoms with Crippen LogP contribution in [0.2, 0.25) is 0 Å². The number of aliphatic carboxylic acids is 1. The van der Waals surface area contributed by atoms with E-state index in [0.29, 0.717) is 32.2 Å². The fourth-order valence-electron chi connectivity index (χ4n) is 2.99. The molecule has 1 unspecified atom stereocenters. The number of amides is 2. The van der Waals surface area contributed by atoms with E-state index in [1.165, 1.54) is 12.8 Å². The summed E-state index contributed by atoms with van der Waals surface area (Å²) in [6.07, 6.45) is 5.78. The van der Waals surface area contributed by atoms with Crippen LogP contribution in [0, 0.1) is 5.92 Å². The second kappa shape index (κ2) is 7.61. The minimum absolute atomic E-state index is 0.0671. The maximum atomic E-state index is 12.9. The lowest BCUT2D eigenvalue weighted by molar-refractivity contribution is -0.137. The van der Waals surface area contributed by atoms with Crippen LogP contribution < -0.4 is 0 Å². The molecule has 0 bridgehead atoms. The van der Waals surface area contributed by atoms with E-state index in [1.54, 1.807) is 22.2 Å². The summed E-state index contributed by atoms with van der Waals surface area (Å²) in [7, 11) is 0. The van der Waals surface area contributed by atoms with Gasteiger partial charge >= 0.3 is 12.0 Å². The highest BCUT2D eigenvalue weighted by Gasteiger charge is 2.37. The Balaban J connectivity index is 1.65. The van der Waals surface area contributed by atoms with Gasteiger partial charge in [-0.05, 0) is 30.4 Å². The zero-order valence-electron chi connectivity index (χ0n) is 13.6. The minimum Gasteiger partial charge on any atom is -0.481 e. The summed E-state index contributed by atoms with van der Waals surface area (Å²) in [6.45, 7) is 2.26. The first-order valence-electron chi connectivity index (χ1n) is 8.39. The Morgan fingerprint density at radius 2 is 2.25 bits per heavy atom. The van der Waals surface area contributed by atoms with E-state index in [2.05, 4.69) is 4.98 Å². The number of aromatic nitrogens is 1. The van der Waals surface area contributed by atoms with Gasteiger partial charge in [-0.25, -0.2) is 4.79 Å². The molecule has 2 amide bonds. The van der Waals surface area contributed by atoms with Crippen molar-refractivity contribution < 1.29 is 19.4 Å². The molecule has 1 N–H and O–H groups in total. The van der Waals surface area contributed by atoms with Gasteiger partial charge in [-0.15, -0.1) is 0 Å². The average Bonchev–Trinajstić information content (AvgIpc) is 3.44. The van der Waals surface area contributed by atoms with E-state index in [4.69, 9.17) is 9.84 Å². The molecule has 0 radical (unpaired) electrons. The molecule has 1 saturated carbocycles. The lowest BCUT2D eigenvalue weighted by atomic mass is 10.2. The second-order valence-corrected chi connectivity index (χ2v) is 6.40. The van der Waals surface area contributed by atoms with Crippen molar-refractivity contribution in [2.45, 2.75) is 31.9 Å². The van der Waals surface area contributed by atoms with E-state index >= 15 is 0 Å². The highest BCUT2D eigenvalue weighted by Crippen LogP contribution is 2.35. The fourth-order valence-corrected chi connectivity index (χ4v) is 2.99. The highest BCUT2D eigenvalue weighted by atomic mass is 16.5. The van der Waals surface area contributed by atoms with Crippen LogP contribution in [0.25, 0.3) is 0 Å². The number of carbonyl (C=O) groups excluding carboxylic acids is 1. The number of carbonyl (C=O) groups is 2.